The Morgan fingerprint density at radius 2 is 1.51 bits per heavy atom. The highest BCUT2D eigenvalue weighted by Gasteiger charge is 2.33. The molecule has 0 saturated carbocycles. The summed E-state index contributed by atoms with van der Waals surface area (Å²) in [5.41, 5.74) is 1.16. The molecular formula is C31H35Cl4N3O4S. The molecule has 1 atom stereocenters. The molecule has 0 saturated heterocycles. The van der Waals surface area contributed by atoms with Gasteiger partial charge in [-0.25, -0.2) is 8.42 Å². The highest BCUT2D eigenvalue weighted by Crippen LogP contribution is 2.31. The lowest BCUT2D eigenvalue weighted by atomic mass is 10.00. The van der Waals surface area contributed by atoms with Crippen molar-refractivity contribution in [2.45, 2.75) is 58.2 Å². The van der Waals surface area contributed by atoms with Crippen molar-refractivity contribution in [2.75, 3.05) is 17.1 Å². The first-order valence-electron chi connectivity index (χ1n) is 13.6. The summed E-state index contributed by atoms with van der Waals surface area (Å²) in [6, 6.07) is 18.1. The molecule has 3 rings (SSSR count). The SMILES string of the molecule is CC(C)(C)NC(=O)C(Cc1ccccc1)N(Cc1ccc(Cl)cc1Cl)C(=O)CCCN(c1cc(Cl)ccc1Cl)S(C)(=O)=O. The van der Waals surface area contributed by atoms with Crippen LogP contribution in [0.3, 0.4) is 0 Å². The van der Waals surface area contributed by atoms with Crippen LogP contribution in [-0.2, 0) is 32.6 Å². The van der Waals surface area contributed by atoms with E-state index in [1.807, 2.05) is 51.1 Å². The number of hydrogen-bond acceptors (Lipinski definition) is 4. The third-order valence-corrected chi connectivity index (χ3v) is 8.78. The van der Waals surface area contributed by atoms with Crippen LogP contribution in [0.15, 0.2) is 66.7 Å². The number of carbonyl (C=O) groups is 2. The van der Waals surface area contributed by atoms with Crippen LogP contribution in [0.4, 0.5) is 5.69 Å². The van der Waals surface area contributed by atoms with Crippen molar-refractivity contribution in [3.63, 3.8) is 0 Å². The molecule has 0 fully saturated rings. The topological polar surface area (TPSA) is 86.8 Å². The van der Waals surface area contributed by atoms with Crippen molar-refractivity contribution in [2.24, 2.45) is 0 Å². The molecule has 232 valence electrons. The summed E-state index contributed by atoms with van der Waals surface area (Å²) in [5.74, 6) is -0.667. The van der Waals surface area contributed by atoms with E-state index in [1.165, 1.54) is 17.0 Å². The van der Waals surface area contributed by atoms with E-state index in [4.69, 9.17) is 46.4 Å². The van der Waals surface area contributed by atoms with E-state index in [9.17, 15) is 18.0 Å². The molecule has 12 heteroatoms. The molecule has 0 heterocycles. The fraction of sp³-hybridized carbons (Fsp3) is 0.355. The van der Waals surface area contributed by atoms with Gasteiger partial charge >= 0.3 is 0 Å². The minimum absolute atomic E-state index is 0.0300. The zero-order chi connectivity index (χ0) is 31.9. The first kappa shape index (κ1) is 35.0. The average molecular weight is 688 g/mol. The van der Waals surface area contributed by atoms with Gasteiger partial charge < -0.3 is 10.2 Å². The summed E-state index contributed by atoms with van der Waals surface area (Å²) in [4.78, 5) is 29.2. The minimum Gasteiger partial charge on any atom is -0.350 e. The van der Waals surface area contributed by atoms with Gasteiger partial charge in [-0.05, 0) is 68.7 Å². The molecule has 0 spiro atoms. The molecular weight excluding hydrogens is 652 g/mol. The summed E-state index contributed by atoms with van der Waals surface area (Å²) in [5, 5.41) is 4.35. The van der Waals surface area contributed by atoms with E-state index < -0.39 is 21.6 Å². The van der Waals surface area contributed by atoms with Gasteiger partial charge in [0, 0.05) is 46.5 Å². The normalized spacial score (nSPS) is 12.5. The summed E-state index contributed by atoms with van der Waals surface area (Å²) >= 11 is 25.0. The quantitative estimate of drug-likeness (QED) is 0.215. The van der Waals surface area contributed by atoms with Crippen LogP contribution in [0.2, 0.25) is 20.1 Å². The van der Waals surface area contributed by atoms with E-state index in [2.05, 4.69) is 5.32 Å². The number of sulfonamides is 1. The lowest BCUT2D eigenvalue weighted by Crippen LogP contribution is -2.54. The molecule has 7 nitrogen and oxygen atoms in total. The number of nitrogens with zero attached hydrogens (tertiary/aromatic N) is 2. The van der Waals surface area contributed by atoms with Gasteiger partial charge in [-0.3, -0.25) is 13.9 Å². The molecule has 1 N–H and O–H groups in total. The lowest BCUT2D eigenvalue weighted by Gasteiger charge is -2.34. The van der Waals surface area contributed by atoms with Crippen molar-refractivity contribution >= 4 is 73.9 Å². The Morgan fingerprint density at radius 1 is 0.884 bits per heavy atom. The van der Waals surface area contributed by atoms with Crippen LogP contribution in [0.1, 0.15) is 44.7 Å². The molecule has 43 heavy (non-hydrogen) atoms. The Hall–Kier alpha value is -2.49. The molecule has 2 amide bonds. The predicted molar refractivity (Wildman–Crippen MR) is 177 cm³/mol. The first-order valence-corrected chi connectivity index (χ1v) is 16.9. The maximum Gasteiger partial charge on any atom is 0.243 e. The third kappa shape index (κ3) is 10.6. The highest BCUT2D eigenvalue weighted by molar-refractivity contribution is 7.92. The number of amides is 2. The van der Waals surface area contributed by atoms with Crippen molar-refractivity contribution in [1.29, 1.82) is 0 Å². The molecule has 0 aliphatic rings. The van der Waals surface area contributed by atoms with E-state index in [0.29, 0.717) is 20.6 Å². The average Bonchev–Trinajstić information content (AvgIpc) is 2.90. The van der Waals surface area contributed by atoms with E-state index in [-0.39, 0.29) is 54.9 Å². The summed E-state index contributed by atoms with van der Waals surface area (Å²) in [6.45, 7) is 5.62. The molecule has 0 bridgehead atoms. The van der Waals surface area contributed by atoms with Gasteiger partial charge in [0.05, 0.1) is 17.0 Å². The summed E-state index contributed by atoms with van der Waals surface area (Å²) < 4.78 is 26.5. The maximum atomic E-state index is 14.0. The summed E-state index contributed by atoms with van der Waals surface area (Å²) in [6.07, 6.45) is 1.42. The predicted octanol–water partition coefficient (Wildman–Crippen LogP) is 7.40. The zero-order valence-corrected chi connectivity index (χ0v) is 28.3. The lowest BCUT2D eigenvalue weighted by molar-refractivity contribution is -0.142. The van der Waals surface area contributed by atoms with E-state index >= 15 is 0 Å². The van der Waals surface area contributed by atoms with Gasteiger partial charge in [-0.1, -0.05) is 82.8 Å². The largest absolute Gasteiger partial charge is 0.350 e. The molecule has 0 aliphatic carbocycles. The Balaban J connectivity index is 1.95. The van der Waals surface area contributed by atoms with E-state index in [1.54, 1.807) is 24.3 Å². The molecule has 0 aliphatic heterocycles. The van der Waals surface area contributed by atoms with Crippen LogP contribution in [0.5, 0.6) is 0 Å². The number of hydrogen-bond donors (Lipinski definition) is 1. The van der Waals surface area contributed by atoms with Crippen molar-refractivity contribution in [1.82, 2.24) is 10.2 Å². The van der Waals surface area contributed by atoms with E-state index in [0.717, 1.165) is 16.1 Å². The molecule has 0 radical (unpaired) electrons. The number of halogens is 4. The number of nitrogens with one attached hydrogen (secondary N) is 1. The van der Waals surface area contributed by atoms with Gasteiger partial charge in [0.1, 0.15) is 6.04 Å². The second-order valence-electron chi connectivity index (χ2n) is 11.2. The second-order valence-corrected chi connectivity index (χ2v) is 14.8. The number of benzene rings is 3. The fourth-order valence-corrected chi connectivity index (χ4v) is 6.37. The van der Waals surface area contributed by atoms with Gasteiger partial charge in [-0.15, -0.1) is 0 Å². The Kier molecular flexibility index (Phi) is 12.2. The number of anilines is 1. The molecule has 0 aromatic heterocycles. The van der Waals surface area contributed by atoms with Crippen molar-refractivity contribution in [3.8, 4) is 0 Å². The fourth-order valence-electron chi connectivity index (χ4n) is 4.50. The van der Waals surface area contributed by atoms with Crippen molar-refractivity contribution in [3.05, 3.63) is 97.9 Å². The van der Waals surface area contributed by atoms with Gasteiger partial charge in [-0.2, -0.15) is 0 Å². The summed E-state index contributed by atoms with van der Waals surface area (Å²) in [7, 11) is -3.75. The smallest absolute Gasteiger partial charge is 0.243 e. The monoisotopic (exact) mass is 685 g/mol. The minimum atomic E-state index is -3.75. The molecule has 3 aromatic rings. The first-order chi connectivity index (χ1) is 20.0. The zero-order valence-electron chi connectivity index (χ0n) is 24.4. The van der Waals surface area contributed by atoms with Gasteiger partial charge in [0.25, 0.3) is 0 Å². The van der Waals surface area contributed by atoms with Crippen LogP contribution in [0, 0.1) is 0 Å². The third-order valence-electron chi connectivity index (χ3n) is 6.45. The van der Waals surface area contributed by atoms with Crippen LogP contribution in [0.25, 0.3) is 0 Å². The molecule has 3 aromatic carbocycles. The van der Waals surface area contributed by atoms with Crippen molar-refractivity contribution < 1.29 is 18.0 Å². The van der Waals surface area contributed by atoms with Crippen LogP contribution >= 0.6 is 46.4 Å². The Labute approximate surface area is 274 Å². The number of rotatable bonds is 12. The van der Waals surface area contributed by atoms with Gasteiger partial charge in [0.15, 0.2) is 0 Å². The van der Waals surface area contributed by atoms with Gasteiger partial charge in [0.2, 0.25) is 21.8 Å². The number of carbonyl (C=O) groups excluding carboxylic acids is 2. The maximum absolute atomic E-state index is 14.0. The second kappa shape index (κ2) is 15.0. The Bertz CT molecular complexity index is 1550. The van der Waals surface area contributed by atoms with Crippen LogP contribution < -0.4 is 9.62 Å². The highest BCUT2D eigenvalue weighted by atomic mass is 35.5. The molecule has 1 unspecified atom stereocenters. The Morgan fingerprint density at radius 3 is 2.12 bits per heavy atom. The standard InChI is InChI=1S/C31H35Cl4N3O4S/c1-31(2,3)36-30(40)28(17-21-9-6-5-7-10-21)37(20-22-12-13-23(32)18-26(22)35)29(39)11-8-16-38(43(4,41)42)27-19-24(33)14-15-25(27)34/h5-7,9-10,12-15,18-19,28H,8,11,16-17,20H2,1-4H3,(H,36,40). The van der Waals surface area contributed by atoms with Crippen LogP contribution in [-0.4, -0.2) is 49.5 Å².